The molecule has 2 amide bonds. The Labute approximate surface area is 128 Å². The zero-order valence-electron chi connectivity index (χ0n) is 12.9. The number of carbonyl (C=O) groups is 2. The highest BCUT2D eigenvalue weighted by molar-refractivity contribution is 5.95. The van der Waals surface area contributed by atoms with Gasteiger partial charge >= 0.3 is 12.0 Å². The van der Waals surface area contributed by atoms with Gasteiger partial charge < -0.3 is 10.1 Å². The topological polar surface area (TPSA) is 58.6 Å². The summed E-state index contributed by atoms with van der Waals surface area (Å²) < 4.78 is 19.2. The Balaban J connectivity index is 2.56. The third-order valence-electron chi connectivity index (χ3n) is 3.62. The predicted octanol–water partition coefficient (Wildman–Crippen LogP) is 2.75. The van der Waals surface area contributed by atoms with Crippen LogP contribution < -0.4 is 5.32 Å². The lowest BCUT2D eigenvalue weighted by Gasteiger charge is -2.34. The van der Waals surface area contributed by atoms with Crippen molar-refractivity contribution in [2.24, 2.45) is 0 Å². The van der Waals surface area contributed by atoms with Crippen LogP contribution in [0.2, 0.25) is 0 Å². The fraction of sp³-hybridized carbons (Fsp3) is 0.375. The minimum atomic E-state index is -0.851. The largest absolute Gasteiger partial charge is 0.463 e. The van der Waals surface area contributed by atoms with E-state index in [0.717, 1.165) is 0 Å². The van der Waals surface area contributed by atoms with E-state index in [9.17, 15) is 14.0 Å². The standard InChI is InChI=1S/C16H19FN2O3/c1-4-19-10(3)13(15(20)22-5-2)14(18-16(19)21)11-8-6-7-9-12(11)17/h6-9,14H,4-5H2,1-3H3,(H,18,21)/t14-/m1/s1. The molecule has 1 aromatic carbocycles. The average Bonchev–Trinajstić information content (AvgIpc) is 2.47. The lowest BCUT2D eigenvalue weighted by Crippen LogP contribution is -2.48. The van der Waals surface area contributed by atoms with Gasteiger partial charge in [0.1, 0.15) is 5.82 Å². The summed E-state index contributed by atoms with van der Waals surface area (Å²) in [6, 6.07) is 4.86. The average molecular weight is 306 g/mol. The highest BCUT2D eigenvalue weighted by atomic mass is 19.1. The third-order valence-corrected chi connectivity index (χ3v) is 3.62. The van der Waals surface area contributed by atoms with E-state index in [1.165, 1.54) is 11.0 Å². The molecule has 0 fully saturated rings. The van der Waals surface area contributed by atoms with E-state index < -0.39 is 17.8 Å². The van der Waals surface area contributed by atoms with Crippen LogP contribution in [0.1, 0.15) is 32.4 Å². The maximum atomic E-state index is 14.1. The molecule has 1 aliphatic heterocycles. The minimum Gasteiger partial charge on any atom is -0.463 e. The van der Waals surface area contributed by atoms with Crippen LogP contribution in [0.25, 0.3) is 0 Å². The smallest absolute Gasteiger partial charge is 0.338 e. The molecular weight excluding hydrogens is 287 g/mol. The van der Waals surface area contributed by atoms with Gasteiger partial charge in [0.15, 0.2) is 0 Å². The van der Waals surface area contributed by atoms with Crippen LogP contribution in [0, 0.1) is 5.82 Å². The molecule has 0 saturated heterocycles. The molecule has 22 heavy (non-hydrogen) atoms. The van der Waals surface area contributed by atoms with Gasteiger partial charge in [0.05, 0.1) is 18.2 Å². The predicted molar refractivity (Wildman–Crippen MR) is 79.4 cm³/mol. The number of halogens is 1. The molecular formula is C16H19FN2O3. The Kier molecular flexibility index (Phi) is 4.80. The molecule has 0 unspecified atom stereocenters. The third kappa shape index (κ3) is 2.81. The van der Waals surface area contributed by atoms with Crippen LogP contribution in [0.3, 0.4) is 0 Å². The zero-order valence-corrected chi connectivity index (χ0v) is 12.9. The minimum absolute atomic E-state index is 0.208. The molecule has 5 nitrogen and oxygen atoms in total. The van der Waals surface area contributed by atoms with Gasteiger partial charge in [-0.2, -0.15) is 0 Å². The summed E-state index contributed by atoms with van der Waals surface area (Å²) in [7, 11) is 0. The maximum absolute atomic E-state index is 14.1. The normalized spacial score (nSPS) is 18.3. The van der Waals surface area contributed by atoms with Crippen molar-refractivity contribution in [2.45, 2.75) is 26.8 Å². The van der Waals surface area contributed by atoms with Gasteiger partial charge in [-0.1, -0.05) is 18.2 Å². The zero-order chi connectivity index (χ0) is 16.3. The highest BCUT2D eigenvalue weighted by Crippen LogP contribution is 2.32. The SMILES string of the molecule is CCOC(=O)C1=C(C)N(CC)C(=O)N[C@@H]1c1ccccc1F. The molecule has 0 saturated carbocycles. The summed E-state index contributed by atoms with van der Waals surface area (Å²) in [5.74, 6) is -1.03. The van der Waals surface area contributed by atoms with Crippen molar-refractivity contribution in [2.75, 3.05) is 13.2 Å². The summed E-state index contributed by atoms with van der Waals surface area (Å²) >= 11 is 0. The molecule has 0 aliphatic carbocycles. The number of nitrogens with zero attached hydrogens (tertiary/aromatic N) is 1. The summed E-state index contributed by atoms with van der Waals surface area (Å²) in [5.41, 5.74) is 0.986. The van der Waals surface area contributed by atoms with Crippen LogP contribution in [0.5, 0.6) is 0 Å². The number of amides is 2. The van der Waals surface area contributed by atoms with Gasteiger partial charge in [0.25, 0.3) is 0 Å². The number of rotatable bonds is 4. The van der Waals surface area contributed by atoms with E-state index in [1.54, 1.807) is 39.0 Å². The van der Waals surface area contributed by atoms with Crippen molar-refractivity contribution in [3.8, 4) is 0 Å². The van der Waals surface area contributed by atoms with Crippen molar-refractivity contribution in [3.05, 3.63) is 46.9 Å². The number of ether oxygens (including phenoxy) is 1. The van der Waals surface area contributed by atoms with Crippen LogP contribution in [0.4, 0.5) is 9.18 Å². The van der Waals surface area contributed by atoms with Crippen LogP contribution in [-0.2, 0) is 9.53 Å². The second-order valence-corrected chi connectivity index (χ2v) is 4.87. The first-order valence-corrected chi connectivity index (χ1v) is 7.21. The molecule has 118 valence electrons. The van der Waals surface area contributed by atoms with E-state index >= 15 is 0 Å². The molecule has 0 spiro atoms. The lowest BCUT2D eigenvalue weighted by molar-refractivity contribution is -0.139. The van der Waals surface area contributed by atoms with Gasteiger partial charge in [-0.15, -0.1) is 0 Å². The number of benzene rings is 1. The first kappa shape index (κ1) is 16.0. The molecule has 1 aromatic rings. The molecule has 2 rings (SSSR count). The van der Waals surface area contributed by atoms with Crippen molar-refractivity contribution < 1.29 is 18.7 Å². The molecule has 0 bridgehead atoms. The van der Waals surface area contributed by atoms with Gasteiger partial charge in [-0.25, -0.2) is 14.0 Å². The van der Waals surface area contributed by atoms with E-state index in [0.29, 0.717) is 12.2 Å². The number of hydrogen-bond donors (Lipinski definition) is 1. The molecule has 0 aromatic heterocycles. The molecule has 1 aliphatic rings. The number of esters is 1. The number of urea groups is 1. The summed E-state index contributed by atoms with van der Waals surface area (Å²) in [6.07, 6.45) is 0. The summed E-state index contributed by atoms with van der Waals surface area (Å²) in [5, 5.41) is 2.68. The van der Waals surface area contributed by atoms with E-state index in [1.807, 2.05) is 0 Å². The Morgan fingerprint density at radius 1 is 1.36 bits per heavy atom. The Hall–Kier alpha value is -2.37. The van der Waals surface area contributed by atoms with Gasteiger partial charge in [-0.3, -0.25) is 4.90 Å². The van der Waals surface area contributed by atoms with Crippen molar-refractivity contribution in [1.82, 2.24) is 10.2 Å². The lowest BCUT2D eigenvalue weighted by atomic mass is 9.94. The van der Waals surface area contributed by atoms with E-state index in [4.69, 9.17) is 4.74 Å². The summed E-state index contributed by atoms with van der Waals surface area (Å²) in [6.45, 7) is 5.78. The van der Waals surface area contributed by atoms with Gasteiger partial charge in [-0.05, 0) is 26.8 Å². The first-order valence-electron chi connectivity index (χ1n) is 7.21. The summed E-state index contributed by atoms with van der Waals surface area (Å²) in [4.78, 5) is 25.9. The van der Waals surface area contributed by atoms with Crippen molar-refractivity contribution in [1.29, 1.82) is 0 Å². The van der Waals surface area contributed by atoms with Crippen LogP contribution in [0.15, 0.2) is 35.5 Å². The van der Waals surface area contributed by atoms with E-state index in [2.05, 4.69) is 5.32 Å². The molecule has 1 atom stereocenters. The number of hydrogen-bond acceptors (Lipinski definition) is 3. The highest BCUT2D eigenvalue weighted by Gasteiger charge is 2.36. The van der Waals surface area contributed by atoms with Gasteiger partial charge in [0.2, 0.25) is 0 Å². The monoisotopic (exact) mass is 306 g/mol. The van der Waals surface area contributed by atoms with Crippen molar-refractivity contribution in [3.63, 3.8) is 0 Å². The molecule has 0 radical (unpaired) electrons. The quantitative estimate of drug-likeness (QED) is 0.870. The van der Waals surface area contributed by atoms with Crippen LogP contribution in [-0.4, -0.2) is 30.1 Å². The number of nitrogens with one attached hydrogen (secondary N) is 1. The Morgan fingerprint density at radius 3 is 2.64 bits per heavy atom. The van der Waals surface area contributed by atoms with Gasteiger partial charge in [0, 0.05) is 17.8 Å². The second kappa shape index (κ2) is 6.60. The molecule has 6 heteroatoms. The Bertz CT molecular complexity index is 628. The fourth-order valence-electron chi connectivity index (χ4n) is 2.58. The van der Waals surface area contributed by atoms with Crippen molar-refractivity contribution >= 4 is 12.0 Å². The van der Waals surface area contributed by atoms with E-state index in [-0.39, 0.29) is 23.8 Å². The van der Waals surface area contributed by atoms with Crippen LogP contribution >= 0.6 is 0 Å². The molecule has 1 heterocycles. The number of carbonyl (C=O) groups excluding carboxylic acids is 2. The second-order valence-electron chi connectivity index (χ2n) is 4.87. The fourth-order valence-corrected chi connectivity index (χ4v) is 2.58. The maximum Gasteiger partial charge on any atom is 0.338 e. The number of allylic oxidation sites excluding steroid dienone is 1. The molecule has 1 N–H and O–H groups in total. The Morgan fingerprint density at radius 2 is 2.05 bits per heavy atom. The first-order chi connectivity index (χ1) is 10.5.